The molecule has 0 aliphatic carbocycles. The number of aromatic nitrogens is 1. The Hall–Kier alpha value is -1.69. The molecule has 5 nitrogen and oxygen atoms in total. The molecule has 1 aliphatic heterocycles. The lowest BCUT2D eigenvalue weighted by Gasteiger charge is -2.35. The Morgan fingerprint density at radius 3 is 3.00 bits per heavy atom. The number of nitrogens with one attached hydrogen (secondary N) is 1. The number of carboxylic acid groups (broad SMARTS) is 1. The second-order valence-corrected chi connectivity index (χ2v) is 5.05. The number of aromatic carboxylic acids is 1. The van der Waals surface area contributed by atoms with E-state index in [0.29, 0.717) is 6.04 Å². The summed E-state index contributed by atoms with van der Waals surface area (Å²) in [6.07, 6.45) is 2.86. The van der Waals surface area contributed by atoms with Crippen molar-refractivity contribution in [2.45, 2.75) is 31.8 Å². The van der Waals surface area contributed by atoms with Gasteiger partial charge < -0.3 is 15.3 Å². The molecule has 0 radical (unpaired) electrons. The first kappa shape index (κ1) is 13.7. The Balaban J connectivity index is 2.13. The molecule has 2 N–H and O–H groups in total. The Morgan fingerprint density at radius 2 is 2.37 bits per heavy atom. The summed E-state index contributed by atoms with van der Waals surface area (Å²) in [5.41, 5.74) is -0.119. The van der Waals surface area contributed by atoms with Crippen LogP contribution >= 0.6 is 0 Å². The lowest BCUT2D eigenvalue weighted by molar-refractivity contribution is 0.0697. The van der Waals surface area contributed by atoms with E-state index in [4.69, 9.17) is 5.11 Å². The van der Waals surface area contributed by atoms with Crippen molar-refractivity contribution < 1.29 is 14.3 Å². The topological polar surface area (TPSA) is 65.5 Å². The lowest BCUT2D eigenvalue weighted by atomic mass is 9.99. The zero-order chi connectivity index (χ0) is 14.0. The first-order chi connectivity index (χ1) is 8.97. The molecule has 2 atom stereocenters. The molecule has 1 saturated heterocycles. The molecule has 0 bridgehead atoms. The summed E-state index contributed by atoms with van der Waals surface area (Å²) in [4.78, 5) is 17.2. The average Bonchev–Trinajstić information content (AvgIpc) is 2.36. The lowest BCUT2D eigenvalue weighted by Crippen LogP contribution is -2.42. The summed E-state index contributed by atoms with van der Waals surface area (Å²) in [7, 11) is 2.07. The highest BCUT2D eigenvalue weighted by Gasteiger charge is 2.24. The maximum Gasteiger partial charge on any atom is 0.339 e. The minimum Gasteiger partial charge on any atom is -0.478 e. The smallest absolute Gasteiger partial charge is 0.339 e. The maximum absolute atomic E-state index is 13.0. The molecule has 0 spiro atoms. The van der Waals surface area contributed by atoms with Crippen LogP contribution in [0.25, 0.3) is 0 Å². The molecule has 104 valence electrons. The van der Waals surface area contributed by atoms with Gasteiger partial charge in [0.1, 0.15) is 17.2 Å². The van der Waals surface area contributed by atoms with Gasteiger partial charge in [-0.05, 0) is 32.9 Å². The number of likely N-dealkylation sites (tertiary alicyclic amines) is 1. The van der Waals surface area contributed by atoms with E-state index >= 15 is 0 Å². The first-order valence-electron chi connectivity index (χ1n) is 6.33. The molecule has 1 aromatic rings. The minimum atomic E-state index is -1.17. The van der Waals surface area contributed by atoms with Gasteiger partial charge in [-0.25, -0.2) is 14.2 Å². The van der Waals surface area contributed by atoms with Crippen molar-refractivity contribution >= 4 is 11.8 Å². The highest BCUT2D eigenvalue weighted by molar-refractivity contribution is 5.93. The van der Waals surface area contributed by atoms with E-state index in [1.165, 1.54) is 0 Å². The van der Waals surface area contributed by atoms with Crippen molar-refractivity contribution in [3.05, 3.63) is 23.6 Å². The molecule has 2 unspecified atom stereocenters. The molecular formula is C13H18FN3O2. The van der Waals surface area contributed by atoms with Crippen molar-refractivity contribution in [2.24, 2.45) is 0 Å². The third-order valence-electron chi connectivity index (χ3n) is 3.63. The van der Waals surface area contributed by atoms with Gasteiger partial charge in [0, 0.05) is 18.6 Å². The second kappa shape index (κ2) is 5.52. The summed E-state index contributed by atoms with van der Waals surface area (Å²) in [6, 6.07) is 1.60. The Morgan fingerprint density at radius 1 is 1.63 bits per heavy atom. The molecular weight excluding hydrogens is 249 g/mol. The van der Waals surface area contributed by atoms with Gasteiger partial charge in [0.25, 0.3) is 0 Å². The molecule has 0 aromatic carbocycles. The zero-order valence-electron chi connectivity index (χ0n) is 11.1. The van der Waals surface area contributed by atoms with Crippen LogP contribution in [-0.4, -0.2) is 46.6 Å². The number of hydrogen-bond donors (Lipinski definition) is 2. The van der Waals surface area contributed by atoms with Gasteiger partial charge in [-0.1, -0.05) is 0 Å². The second-order valence-electron chi connectivity index (χ2n) is 5.05. The normalized spacial score (nSPS) is 24.2. The van der Waals surface area contributed by atoms with E-state index in [0.717, 1.165) is 31.6 Å². The fraction of sp³-hybridized carbons (Fsp3) is 0.538. The number of nitrogens with zero attached hydrogens (tertiary/aromatic N) is 2. The predicted octanol–water partition coefficient (Wildman–Crippen LogP) is 1.81. The van der Waals surface area contributed by atoms with Gasteiger partial charge in [0.05, 0.1) is 6.20 Å². The van der Waals surface area contributed by atoms with E-state index in [1.807, 2.05) is 0 Å². The summed E-state index contributed by atoms with van der Waals surface area (Å²) in [5.74, 6) is -1.56. The number of halogens is 1. The van der Waals surface area contributed by atoms with Crippen LogP contribution in [0.2, 0.25) is 0 Å². The summed E-state index contributed by atoms with van der Waals surface area (Å²) in [5, 5.41) is 12.2. The van der Waals surface area contributed by atoms with Crippen LogP contribution in [0.3, 0.4) is 0 Å². The van der Waals surface area contributed by atoms with Crippen LogP contribution < -0.4 is 5.32 Å². The van der Waals surface area contributed by atoms with Crippen molar-refractivity contribution in [1.82, 2.24) is 9.88 Å². The Labute approximate surface area is 111 Å². The summed E-state index contributed by atoms with van der Waals surface area (Å²) in [6.45, 7) is 3.08. The molecule has 1 aliphatic rings. The molecule has 6 heteroatoms. The molecule has 2 rings (SSSR count). The molecule has 1 aromatic heterocycles. The number of rotatable bonds is 3. The largest absolute Gasteiger partial charge is 0.478 e. The van der Waals surface area contributed by atoms with Gasteiger partial charge in [0.2, 0.25) is 0 Å². The van der Waals surface area contributed by atoms with Crippen molar-refractivity contribution in [1.29, 1.82) is 0 Å². The summed E-state index contributed by atoms with van der Waals surface area (Å²) < 4.78 is 13.0. The van der Waals surface area contributed by atoms with Crippen molar-refractivity contribution in [3.8, 4) is 0 Å². The number of hydrogen-bond acceptors (Lipinski definition) is 4. The van der Waals surface area contributed by atoms with Crippen LogP contribution in [0.4, 0.5) is 10.2 Å². The van der Waals surface area contributed by atoms with Crippen LogP contribution in [0.1, 0.15) is 30.1 Å². The maximum atomic E-state index is 13.0. The quantitative estimate of drug-likeness (QED) is 0.874. The number of piperidine rings is 1. The van der Waals surface area contributed by atoms with Crippen LogP contribution in [-0.2, 0) is 0 Å². The molecule has 0 saturated carbocycles. The van der Waals surface area contributed by atoms with Crippen molar-refractivity contribution in [2.75, 3.05) is 18.9 Å². The van der Waals surface area contributed by atoms with Gasteiger partial charge in [-0.2, -0.15) is 0 Å². The number of anilines is 1. The highest BCUT2D eigenvalue weighted by Crippen LogP contribution is 2.21. The predicted molar refractivity (Wildman–Crippen MR) is 69.9 cm³/mol. The number of pyridine rings is 1. The van der Waals surface area contributed by atoms with E-state index < -0.39 is 11.8 Å². The third kappa shape index (κ3) is 3.20. The van der Waals surface area contributed by atoms with E-state index in [9.17, 15) is 9.18 Å². The standard InChI is InChI=1S/C13H18FN3O2/c1-8-5-10(3-4-17(8)2)16-12-11(13(18)19)6-9(14)7-15-12/h6-8,10H,3-5H2,1-2H3,(H,15,16)(H,18,19). The minimum absolute atomic E-state index is 0.119. The molecule has 19 heavy (non-hydrogen) atoms. The van der Waals surface area contributed by atoms with E-state index in [-0.39, 0.29) is 17.4 Å². The third-order valence-corrected chi connectivity index (χ3v) is 3.63. The Kier molecular flexibility index (Phi) is 3.99. The van der Waals surface area contributed by atoms with Gasteiger partial charge in [-0.15, -0.1) is 0 Å². The number of carbonyl (C=O) groups is 1. The molecule has 1 fully saturated rings. The fourth-order valence-electron chi connectivity index (χ4n) is 2.33. The number of carboxylic acids is 1. The zero-order valence-corrected chi connectivity index (χ0v) is 11.1. The van der Waals surface area contributed by atoms with Crippen LogP contribution in [0.15, 0.2) is 12.3 Å². The van der Waals surface area contributed by atoms with E-state index in [1.54, 1.807) is 0 Å². The molecule has 2 heterocycles. The fourth-order valence-corrected chi connectivity index (χ4v) is 2.33. The van der Waals surface area contributed by atoms with Gasteiger partial charge in [-0.3, -0.25) is 0 Å². The van der Waals surface area contributed by atoms with Crippen molar-refractivity contribution in [3.63, 3.8) is 0 Å². The van der Waals surface area contributed by atoms with E-state index in [2.05, 4.69) is 29.2 Å². The monoisotopic (exact) mass is 267 g/mol. The average molecular weight is 267 g/mol. The summed E-state index contributed by atoms with van der Waals surface area (Å²) >= 11 is 0. The van der Waals surface area contributed by atoms with Crippen LogP contribution in [0, 0.1) is 5.82 Å². The Bertz CT molecular complexity index is 481. The van der Waals surface area contributed by atoms with Gasteiger partial charge in [0.15, 0.2) is 0 Å². The first-order valence-corrected chi connectivity index (χ1v) is 6.33. The SMILES string of the molecule is CC1CC(Nc2ncc(F)cc2C(=O)O)CCN1C. The highest BCUT2D eigenvalue weighted by atomic mass is 19.1. The van der Waals surface area contributed by atoms with Gasteiger partial charge >= 0.3 is 5.97 Å². The van der Waals surface area contributed by atoms with Crippen LogP contribution in [0.5, 0.6) is 0 Å². The molecule has 0 amide bonds.